The van der Waals surface area contributed by atoms with Crippen LogP contribution in [0.5, 0.6) is 0 Å². The predicted molar refractivity (Wildman–Crippen MR) is 518 cm³/mol. The summed E-state index contributed by atoms with van der Waals surface area (Å²) in [5.74, 6) is -3.82. The molecule has 20 rings (SSSR count). The minimum absolute atomic E-state index is 0.156. The van der Waals surface area contributed by atoms with Crippen molar-refractivity contribution in [2.45, 2.75) is 12.1 Å². The number of benzene rings is 10. The van der Waals surface area contributed by atoms with Crippen LogP contribution in [0.25, 0.3) is 88.7 Å². The quantitative estimate of drug-likeness (QED) is 0.0300. The SMILES string of the molecule is CNC1(c2cnc3ccc(Br)cc3c2Nc2ccccc2C(=O)O)COC1.O=C(O)c1ccccc1Nc1c(-c2ncn[nH]2)cnc2ccc(Br)cc12.O=C(O)c1ccccc1Nc1c(-c2ncon2)cnc2ccc(Br)cc12.O=C(O)c1ccccc1Nc1c(-c2nnco2)cnc2ccc(Br)cc12.O=C(O)c1ccccc1Nc1c(CN2CCOCC2)cnc2ccc(Cl)cc12. The Morgan fingerprint density at radius 3 is 1.23 bits per heavy atom. The molecule has 666 valence electrons. The van der Waals surface area contributed by atoms with Crippen LogP contribution in [-0.2, 0) is 21.6 Å². The molecule has 18 aromatic rings. The van der Waals surface area contributed by atoms with Crippen LogP contribution >= 0.6 is 75.3 Å². The number of hydrogen-bond donors (Lipinski definition) is 12. The number of fused-ring (bicyclic) bond motifs is 5. The van der Waals surface area contributed by atoms with Gasteiger partial charge in [0.05, 0.1) is 161 Å². The number of halogens is 5. The fourth-order valence-corrected chi connectivity index (χ4v) is 16.4. The maximum absolute atomic E-state index is 11.6. The molecule has 0 amide bonds. The summed E-state index contributed by atoms with van der Waals surface area (Å²) in [5, 5.41) is 90.2. The first kappa shape index (κ1) is 91.4. The summed E-state index contributed by atoms with van der Waals surface area (Å²) in [6.45, 7) is 4.85. The van der Waals surface area contributed by atoms with E-state index in [1.807, 2.05) is 117 Å². The highest BCUT2D eigenvalue weighted by Crippen LogP contribution is 2.44. The number of morpholine rings is 1. The molecule has 2 aliphatic rings. The molecule has 8 aromatic heterocycles. The second-order valence-electron chi connectivity index (χ2n) is 29.6. The van der Waals surface area contributed by atoms with Gasteiger partial charge >= 0.3 is 29.8 Å². The number of rotatable bonds is 22. The summed E-state index contributed by atoms with van der Waals surface area (Å²) < 4.78 is 24.6. The third kappa shape index (κ3) is 20.9. The van der Waals surface area contributed by atoms with E-state index in [4.69, 9.17) is 30.0 Å². The molecule has 0 saturated carbocycles. The van der Waals surface area contributed by atoms with Gasteiger partial charge in [0.25, 0.3) is 5.89 Å². The van der Waals surface area contributed by atoms with Gasteiger partial charge in [-0.25, -0.2) is 29.0 Å². The first-order valence-electron chi connectivity index (χ1n) is 40.4. The number of para-hydroxylation sites is 5. The monoisotopic (exact) mass is 2050 g/mol. The van der Waals surface area contributed by atoms with E-state index in [-0.39, 0.29) is 39.2 Å². The molecule has 0 unspecified atom stereocenters. The molecule has 12 N–H and O–H groups in total. The normalized spacial score (nSPS) is 12.6. The van der Waals surface area contributed by atoms with Crippen LogP contribution in [0.2, 0.25) is 5.02 Å². The van der Waals surface area contributed by atoms with Crippen molar-refractivity contribution >= 4 is 217 Å². The number of nitrogens with one attached hydrogen (secondary N) is 7. The molecule has 0 atom stereocenters. The van der Waals surface area contributed by atoms with Crippen molar-refractivity contribution in [2.75, 3.05) is 73.1 Å². The van der Waals surface area contributed by atoms with Crippen molar-refractivity contribution in [1.82, 2.24) is 70.7 Å². The van der Waals surface area contributed by atoms with Gasteiger partial charge in [-0.2, -0.15) is 10.1 Å². The standard InChI is InChI=1S/C21H20ClN3O3.C20H18BrN3O3.C18H12BrN5O2.2C18H11BrN4O3/c22-15-5-6-18-17(11-15)20(24-19-4-2-1-3-16(19)21(26)27)14(12-23-18)13-25-7-9-28-10-8-25;1-22-20(10-27-11-20)15-9-23-16-7-6-12(21)8-14(16)18(15)24-17-5-3-2-4-13(17)19(25)26;19-10-5-6-14-12(7-10)16(13(8-20-14)17-21-9-22-24-17)23-15-4-2-1-3-11(15)18(25)26;19-10-5-6-14-12(7-10)16(13(8-20-14)17-23-21-9-26-17)22-15-4-2-1-3-11(15)18(24)25;19-10-5-6-14-12(7-10)16(13(8-20-14)17-21-9-26-23-17)22-15-4-2-1-3-11(15)18(24)25/h1-6,11-12H,7-10,13H2,(H,23,24)(H,26,27);2-9,22H,10-11H2,1H3,(H,23,24)(H,25,26);1-9H,(H,20,23)(H,25,26)(H,21,22,24);2*1-9H,(H,20,22)(H,24,25). The summed E-state index contributed by atoms with van der Waals surface area (Å²) >= 11 is 20.2. The zero-order valence-electron chi connectivity index (χ0n) is 69.4. The van der Waals surface area contributed by atoms with Crippen LogP contribution < -0.4 is 31.9 Å². The molecular weight excluding hydrogens is 1990 g/mol. The lowest BCUT2D eigenvalue weighted by Crippen LogP contribution is -2.56. The molecule has 10 aromatic carbocycles. The fraction of sp³-hybridized carbons (Fsp3) is 0.0947. The second-order valence-corrected chi connectivity index (χ2v) is 33.7. The number of hydrogen-bond acceptors (Lipinski definition) is 27. The Bertz CT molecular complexity index is 6980. The number of ether oxygens (including phenoxy) is 2. The van der Waals surface area contributed by atoms with Crippen LogP contribution in [0.15, 0.2) is 289 Å². The maximum atomic E-state index is 11.6. The summed E-state index contributed by atoms with van der Waals surface area (Å²) in [7, 11) is 1.89. The van der Waals surface area contributed by atoms with Gasteiger partial charge in [-0.05, 0) is 159 Å². The van der Waals surface area contributed by atoms with Gasteiger partial charge in [-0.1, -0.05) is 141 Å². The van der Waals surface area contributed by atoms with E-state index in [1.54, 1.807) is 122 Å². The van der Waals surface area contributed by atoms with E-state index in [0.717, 1.165) is 108 Å². The first-order chi connectivity index (χ1) is 64.5. The zero-order valence-corrected chi connectivity index (χ0v) is 76.5. The van der Waals surface area contributed by atoms with Crippen molar-refractivity contribution in [3.63, 3.8) is 0 Å². The molecule has 2 saturated heterocycles. The number of likely N-dealkylation sites (N-methyl/N-ethyl adjacent to an activating group) is 1. The Morgan fingerprint density at radius 1 is 0.436 bits per heavy atom. The third-order valence-corrected chi connectivity index (χ3v) is 23.6. The Labute approximate surface area is 793 Å². The average molecular weight is 2060 g/mol. The van der Waals surface area contributed by atoms with Gasteiger partial charge in [0.1, 0.15) is 6.33 Å². The van der Waals surface area contributed by atoms with Crippen molar-refractivity contribution < 1.29 is 67.9 Å². The van der Waals surface area contributed by atoms with Crippen LogP contribution in [0.1, 0.15) is 62.9 Å². The van der Waals surface area contributed by atoms with Crippen LogP contribution in [0.4, 0.5) is 56.9 Å². The number of carboxylic acids is 5. The zero-order chi connectivity index (χ0) is 92.8. The minimum Gasteiger partial charge on any atom is -0.478 e. The minimum atomic E-state index is -1.02. The molecular formula is C95H72Br4ClN19O14. The number of nitrogens with zero attached hydrogens (tertiary/aromatic N) is 12. The molecule has 0 radical (unpaired) electrons. The van der Waals surface area contributed by atoms with Crippen molar-refractivity contribution in [1.29, 1.82) is 0 Å². The predicted octanol–water partition coefficient (Wildman–Crippen LogP) is 21.2. The Morgan fingerprint density at radius 2 is 0.827 bits per heavy atom. The number of aromatic nitrogens is 12. The van der Waals surface area contributed by atoms with Gasteiger partial charge < -0.3 is 75.8 Å². The molecule has 33 nitrogen and oxygen atoms in total. The number of carbonyl (C=O) groups is 5. The lowest BCUT2D eigenvalue weighted by Gasteiger charge is -2.42. The van der Waals surface area contributed by atoms with Gasteiger partial charge in [-0.3, -0.25) is 34.9 Å². The number of H-pyrrole nitrogens is 1. The maximum Gasteiger partial charge on any atom is 0.337 e. The van der Waals surface area contributed by atoms with Crippen molar-refractivity contribution in [3.05, 3.63) is 324 Å². The topological polar surface area (TPSA) is 464 Å². The molecule has 0 bridgehead atoms. The Kier molecular flexibility index (Phi) is 28.5. The first-order valence-corrected chi connectivity index (χ1v) is 43.9. The lowest BCUT2D eigenvalue weighted by molar-refractivity contribution is -0.0744. The molecule has 10 heterocycles. The number of carboxylic acid groups (broad SMARTS) is 5. The van der Waals surface area contributed by atoms with Crippen molar-refractivity contribution in [2.24, 2.45) is 0 Å². The van der Waals surface area contributed by atoms with Gasteiger partial charge in [-0.15, -0.1) is 10.2 Å². The molecule has 38 heteroatoms. The lowest BCUT2D eigenvalue weighted by atomic mass is 9.86. The molecule has 133 heavy (non-hydrogen) atoms. The largest absolute Gasteiger partial charge is 0.478 e. The van der Waals surface area contributed by atoms with Gasteiger partial charge in [0, 0.05) is 112 Å². The van der Waals surface area contributed by atoms with E-state index in [9.17, 15) is 49.5 Å². The van der Waals surface area contributed by atoms with Gasteiger partial charge in [0.2, 0.25) is 18.6 Å². The smallest absolute Gasteiger partial charge is 0.337 e. The van der Waals surface area contributed by atoms with Gasteiger partial charge in [0.15, 0.2) is 5.82 Å². The van der Waals surface area contributed by atoms with E-state index >= 15 is 0 Å². The second kappa shape index (κ2) is 41.4. The third-order valence-electron chi connectivity index (χ3n) is 21.4. The summed E-state index contributed by atoms with van der Waals surface area (Å²) in [5.41, 5.74) is 14.3. The highest BCUT2D eigenvalue weighted by atomic mass is 79.9. The van der Waals surface area contributed by atoms with Crippen LogP contribution in [-0.4, -0.2) is 167 Å². The number of anilines is 10. The molecule has 0 spiro atoms. The molecule has 2 aliphatic heterocycles. The van der Waals surface area contributed by atoms with E-state index in [1.165, 1.54) is 31.2 Å². The fourth-order valence-electron chi connectivity index (χ4n) is 14.8. The average Bonchev–Trinajstić information content (AvgIpc) is 1.72. The molecule has 0 aliphatic carbocycles. The van der Waals surface area contributed by atoms with Crippen LogP contribution in [0.3, 0.4) is 0 Å². The van der Waals surface area contributed by atoms with E-state index < -0.39 is 29.8 Å². The Hall–Kier alpha value is -14.9. The summed E-state index contributed by atoms with van der Waals surface area (Å²) in [6.07, 6.45) is 12.5. The number of pyridine rings is 5. The highest BCUT2D eigenvalue weighted by Gasteiger charge is 2.42. The molecule has 2 fully saturated rings. The van der Waals surface area contributed by atoms with E-state index in [0.29, 0.717) is 112 Å². The summed E-state index contributed by atoms with van der Waals surface area (Å²) in [4.78, 5) is 91.0. The van der Waals surface area contributed by atoms with E-state index in [2.05, 4.69) is 161 Å². The number of aromatic carboxylic acids is 5. The Balaban J connectivity index is 0.000000121. The van der Waals surface area contributed by atoms with Crippen LogP contribution in [0, 0.1) is 0 Å². The summed E-state index contributed by atoms with van der Waals surface area (Å²) in [6, 6.07) is 62.3. The van der Waals surface area contributed by atoms with Crippen molar-refractivity contribution in [3.8, 4) is 34.2 Å². The highest BCUT2D eigenvalue weighted by molar-refractivity contribution is 9.11. The number of aromatic amines is 1.